The lowest BCUT2D eigenvalue weighted by atomic mass is 10.2. The molecule has 1 fully saturated rings. The largest absolute Gasteiger partial charge is 0.695 e. The summed E-state index contributed by atoms with van der Waals surface area (Å²) in [7, 11) is -6.58. The summed E-state index contributed by atoms with van der Waals surface area (Å²) in [4.78, 5) is 30.8. The van der Waals surface area contributed by atoms with E-state index in [-0.39, 0.29) is 13.0 Å². The molecule has 2 aromatic rings. The molecule has 11 nitrogen and oxygen atoms in total. The highest BCUT2D eigenvalue weighted by molar-refractivity contribution is 7.51. The maximum Gasteiger partial charge on any atom is 0.695 e. The van der Waals surface area contributed by atoms with Crippen LogP contribution in [-0.2, 0) is 22.9 Å². The first-order valence-electron chi connectivity index (χ1n) is 7.32. The molecule has 0 amide bonds. The monoisotopic (exact) mass is 391 g/mol. The van der Waals surface area contributed by atoms with E-state index in [2.05, 4.69) is 15.0 Å². The number of ether oxygens (including phenoxy) is 1. The summed E-state index contributed by atoms with van der Waals surface area (Å²) in [6.45, 7) is 2.59. The minimum absolute atomic E-state index is 0.226. The standard InChI is InChI=1S/C12H16N4O7P2/c1-7-11-12(14-5-13-7)16(6-15-11)10-3-8(23-24(17)18)9(22-10)4-21-25(2,19)20/h5-6,8-10H,3-4H2,1-2H3,(H-,17,18,19,20)/p+1/t8-,9+,10+/m0/s1. The Hall–Kier alpha value is -1.32. The number of imidazole rings is 1. The third kappa shape index (κ3) is 4.27. The fourth-order valence-electron chi connectivity index (χ4n) is 2.64. The Labute approximate surface area is 143 Å². The molecule has 2 aromatic heterocycles. The van der Waals surface area contributed by atoms with Gasteiger partial charge in [0.25, 0.3) is 0 Å². The van der Waals surface area contributed by atoms with Crippen LogP contribution in [-0.4, -0.2) is 54.8 Å². The lowest BCUT2D eigenvalue weighted by Gasteiger charge is -2.16. The summed E-state index contributed by atoms with van der Waals surface area (Å²) >= 11 is 0. The average Bonchev–Trinajstić information content (AvgIpc) is 3.08. The van der Waals surface area contributed by atoms with Gasteiger partial charge in [0.15, 0.2) is 5.65 Å². The number of rotatable bonds is 6. The Morgan fingerprint density at radius 2 is 2.24 bits per heavy atom. The highest BCUT2D eigenvalue weighted by Crippen LogP contribution is 2.41. The minimum Gasteiger partial charge on any atom is -0.349 e. The van der Waals surface area contributed by atoms with Gasteiger partial charge in [-0.3, -0.25) is 9.13 Å². The van der Waals surface area contributed by atoms with Gasteiger partial charge in [0.05, 0.1) is 18.6 Å². The number of aryl methyl sites for hydroxylation is 1. The van der Waals surface area contributed by atoms with Crippen molar-refractivity contribution in [1.82, 2.24) is 19.5 Å². The first-order valence-corrected chi connectivity index (χ1v) is 10.5. The van der Waals surface area contributed by atoms with E-state index in [1.807, 2.05) is 0 Å². The molecule has 0 aliphatic carbocycles. The molecule has 25 heavy (non-hydrogen) atoms. The van der Waals surface area contributed by atoms with Gasteiger partial charge in [-0.05, 0) is 6.92 Å². The lowest BCUT2D eigenvalue weighted by molar-refractivity contribution is -0.0357. The Morgan fingerprint density at radius 1 is 1.48 bits per heavy atom. The number of hydrogen-bond acceptors (Lipinski definition) is 8. The number of fused-ring (bicyclic) bond motifs is 1. The van der Waals surface area contributed by atoms with Crippen molar-refractivity contribution in [3.8, 4) is 0 Å². The highest BCUT2D eigenvalue weighted by atomic mass is 31.2. The SMILES string of the molecule is Cc1ncnc2c1ncn2[C@H]1C[C@H](O[P+](=O)O)[C@@H](COP(C)(=O)O)O1. The topological polar surface area (TPSA) is 146 Å². The van der Waals surface area contributed by atoms with E-state index in [0.29, 0.717) is 16.9 Å². The maximum atomic E-state index is 11.3. The molecule has 136 valence electrons. The zero-order valence-corrected chi connectivity index (χ0v) is 15.2. The molecule has 0 radical (unpaired) electrons. The second kappa shape index (κ2) is 7.13. The van der Waals surface area contributed by atoms with E-state index in [0.717, 1.165) is 6.66 Å². The molecule has 0 aromatic carbocycles. The van der Waals surface area contributed by atoms with Crippen molar-refractivity contribution < 1.29 is 32.7 Å². The van der Waals surface area contributed by atoms with E-state index < -0.39 is 34.3 Å². The molecule has 0 saturated carbocycles. The molecule has 1 saturated heterocycles. The summed E-state index contributed by atoms with van der Waals surface area (Å²) in [5.74, 6) is 0. The Balaban J connectivity index is 1.83. The van der Waals surface area contributed by atoms with E-state index in [9.17, 15) is 14.0 Å². The van der Waals surface area contributed by atoms with Crippen molar-refractivity contribution in [1.29, 1.82) is 0 Å². The summed E-state index contributed by atoms with van der Waals surface area (Å²) in [5, 5.41) is 0. The number of hydrogen-bond donors (Lipinski definition) is 2. The zero-order chi connectivity index (χ0) is 18.2. The number of nitrogens with zero attached hydrogens (tertiary/aromatic N) is 4. The lowest BCUT2D eigenvalue weighted by Crippen LogP contribution is -2.27. The van der Waals surface area contributed by atoms with Crippen LogP contribution in [0.5, 0.6) is 0 Å². The average molecular weight is 391 g/mol. The third-order valence-corrected chi connectivity index (χ3v) is 4.82. The third-order valence-electron chi connectivity index (χ3n) is 3.74. The molecule has 2 unspecified atom stereocenters. The van der Waals surface area contributed by atoms with Gasteiger partial charge in [0.2, 0.25) is 0 Å². The number of aromatic nitrogens is 4. The van der Waals surface area contributed by atoms with Gasteiger partial charge in [-0.2, -0.15) is 0 Å². The molecule has 0 bridgehead atoms. The minimum atomic E-state index is -3.72. The van der Waals surface area contributed by atoms with Crippen LogP contribution in [0, 0.1) is 6.92 Å². The van der Waals surface area contributed by atoms with Crippen molar-refractivity contribution in [3.63, 3.8) is 0 Å². The van der Waals surface area contributed by atoms with Crippen molar-refractivity contribution >= 4 is 27.0 Å². The van der Waals surface area contributed by atoms with Gasteiger partial charge in [-0.1, -0.05) is 0 Å². The molecule has 0 spiro atoms. The first-order chi connectivity index (χ1) is 11.7. The molecule has 13 heteroatoms. The van der Waals surface area contributed by atoms with Gasteiger partial charge in [0.1, 0.15) is 30.3 Å². The van der Waals surface area contributed by atoms with Crippen LogP contribution in [0.15, 0.2) is 12.7 Å². The van der Waals surface area contributed by atoms with E-state index >= 15 is 0 Å². The second-order valence-corrected chi connectivity index (χ2v) is 8.18. The first kappa shape index (κ1) is 18.5. The Kier molecular flexibility index (Phi) is 5.26. The zero-order valence-electron chi connectivity index (χ0n) is 13.4. The Bertz CT molecular complexity index is 838. The fraction of sp³-hybridized carbons (Fsp3) is 0.583. The van der Waals surface area contributed by atoms with Gasteiger partial charge in [-0.15, -0.1) is 9.42 Å². The summed E-state index contributed by atoms with van der Waals surface area (Å²) in [6, 6.07) is 0. The molecule has 3 rings (SSSR count). The molecular weight excluding hydrogens is 374 g/mol. The van der Waals surface area contributed by atoms with Crippen molar-refractivity contribution in [2.24, 2.45) is 0 Å². The predicted octanol–water partition coefficient (Wildman–Crippen LogP) is 1.29. The molecular formula is C12H17N4O7P2+. The van der Waals surface area contributed by atoms with Crippen LogP contribution in [0.2, 0.25) is 0 Å². The molecule has 2 N–H and O–H groups in total. The van der Waals surface area contributed by atoms with Crippen LogP contribution < -0.4 is 0 Å². The summed E-state index contributed by atoms with van der Waals surface area (Å²) in [6.07, 6.45) is 1.00. The smallest absolute Gasteiger partial charge is 0.349 e. The van der Waals surface area contributed by atoms with E-state index in [1.54, 1.807) is 11.5 Å². The van der Waals surface area contributed by atoms with E-state index in [4.69, 9.17) is 18.7 Å². The van der Waals surface area contributed by atoms with Crippen molar-refractivity contribution in [3.05, 3.63) is 18.3 Å². The fourth-order valence-corrected chi connectivity index (χ4v) is 3.52. The quantitative estimate of drug-likeness (QED) is 0.691. The van der Waals surface area contributed by atoms with Gasteiger partial charge >= 0.3 is 15.9 Å². The van der Waals surface area contributed by atoms with Gasteiger partial charge < -0.3 is 14.2 Å². The summed E-state index contributed by atoms with van der Waals surface area (Å²) in [5.41, 5.74) is 1.87. The molecule has 3 heterocycles. The van der Waals surface area contributed by atoms with Crippen LogP contribution >= 0.6 is 15.9 Å². The Morgan fingerprint density at radius 3 is 2.92 bits per heavy atom. The van der Waals surface area contributed by atoms with Crippen LogP contribution in [0.3, 0.4) is 0 Å². The van der Waals surface area contributed by atoms with Gasteiger partial charge in [0, 0.05) is 17.7 Å². The van der Waals surface area contributed by atoms with Crippen molar-refractivity contribution in [2.75, 3.05) is 13.3 Å². The molecule has 1 aliphatic heterocycles. The second-order valence-electron chi connectivity index (χ2n) is 5.63. The molecule has 1 aliphatic rings. The predicted molar refractivity (Wildman–Crippen MR) is 85.0 cm³/mol. The normalized spacial score (nSPS) is 26.7. The van der Waals surface area contributed by atoms with Crippen LogP contribution in [0.1, 0.15) is 18.3 Å². The van der Waals surface area contributed by atoms with Crippen LogP contribution in [0.4, 0.5) is 0 Å². The van der Waals surface area contributed by atoms with Gasteiger partial charge in [-0.25, -0.2) is 15.0 Å². The highest BCUT2D eigenvalue weighted by Gasteiger charge is 2.43. The van der Waals surface area contributed by atoms with Crippen molar-refractivity contribution in [2.45, 2.75) is 31.8 Å². The summed E-state index contributed by atoms with van der Waals surface area (Å²) < 4.78 is 39.7. The molecule has 5 atom stereocenters. The maximum absolute atomic E-state index is 11.3. The van der Waals surface area contributed by atoms with E-state index in [1.165, 1.54) is 12.7 Å². The van der Waals surface area contributed by atoms with Crippen LogP contribution in [0.25, 0.3) is 11.2 Å².